The molecule has 2 aliphatic rings. The smallest absolute Gasteiger partial charge is 0.127 e. The molecule has 3 rings (SSSR count). The quantitative estimate of drug-likeness (QED) is 0.920. The van der Waals surface area contributed by atoms with Crippen molar-refractivity contribution in [1.29, 1.82) is 0 Å². The van der Waals surface area contributed by atoms with Crippen molar-refractivity contribution in [3.05, 3.63) is 28.3 Å². The minimum atomic E-state index is 0.363. The molecule has 3 nitrogen and oxygen atoms in total. The molecule has 0 bridgehead atoms. The zero-order chi connectivity index (χ0) is 13.1. The van der Waals surface area contributed by atoms with E-state index < -0.39 is 0 Å². The van der Waals surface area contributed by atoms with Crippen LogP contribution >= 0.6 is 11.6 Å². The molecular weight excluding hydrogens is 262 g/mol. The maximum absolute atomic E-state index is 6.15. The standard InChI is InChI=1S/C15H20ClNO2/c16-13-7-11-4-6-19-15(11)12(8-13)9-17-10-14-3-1-2-5-18-14/h7-8,14,17H,1-6,9-10H2. The highest BCUT2D eigenvalue weighted by molar-refractivity contribution is 6.30. The lowest BCUT2D eigenvalue weighted by molar-refractivity contribution is 0.0167. The summed E-state index contributed by atoms with van der Waals surface area (Å²) < 4.78 is 11.4. The largest absolute Gasteiger partial charge is 0.493 e. The number of hydrogen-bond donors (Lipinski definition) is 1. The van der Waals surface area contributed by atoms with Gasteiger partial charge in [-0.1, -0.05) is 11.6 Å². The fourth-order valence-electron chi connectivity index (χ4n) is 2.81. The lowest BCUT2D eigenvalue weighted by Crippen LogP contribution is -2.31. The van der Waals surface area contributed by atoms with Crippen LogP contribution in [0.2, 0.25) is 5.02 Å². The first kappa shape index (κ1) is 13.2. The zero-order valence-electron chi connectivity index (χ0n) is 11.1. The van der Waals surface area contributed by atoms with Crippen molar-refractivity contribution in [1.82, 2.24) is 5.32 Å². The average molecular weight is 282 g/mol. The van der Waals surface area contributed by atoms with Crippen LogP contribution in [0.15, 0.2) is 12.1 Å². The fourth-order valence-corrected chi connectivity index (χ4v) is 3.08. The van der Waals surface area contributed by atoms with E-state index in [2.05, 4.69) is 5.32 Å². The van der Waals surface area contributed by atoms with Gasteiger partial charge in [-0.25, -0.2) is 0 Å². The molecule has 0 radical (unpaired) electrons. The van der Waals surface area contributed by atoms with Gasteiger partial charge in [0.25, 0.3) is 0 Å². The molecule has 1 aromatic carbocycles. The number of fused-ring (bicyclic) bond motifs is 1. The van der Waals surface area contributed by atoms with Gasteiger partial charge in [0.15, 0.2) is 0 Å². The van der Waals surface area contributed by atoms with Crippen molar-refractivity contribution in [3.63, 3.8) is 0 Å². The van der Waals surface area contributed by atoms with E-state index in [1.54, 1.807) is 0 Å². The lowest BCUT2D eigenvalue weighted by atomic mass is 10.1. The molecule has 1 N–H and O–H groups in total. The Labute approximate surface area is 119 Å². The summed E-state index contributed by atoms with van der Waals surface area (Å²) in [5, 5.41) is 4.27. The van der Waals surface area contributed by atoms with Gasteiger partial charge in [-0.15, -0.1) is 0 Å². The van der Waals surface area contributed by atoms with E-state index in [1.165, 1.54) is 18.4 Å². The molecule has 0 spiro atoms. The molecule has 1 fully saturated rings. The van der Waals surface area contributed by atoms with Crippen LogP contribution < -0.4 is 10.1 Å². The number of hydrogen-bond acceptors (Lipinski definition) is 3. The average Bonchev–Trinajstić information content (AvgIpc) is 2.88. The Hall–Kier alpha value is -0.770. The molecule has 1 unspecified atom stereocenters. The topological polar surface area (TPSA) is 30.5 Å². The van der Waals surface area contributed by atoms with Crippen LogP contribution in [0.4, 0.5) is 0 Å². The van der Waals surface area contributed by atoms with Crippen molar-refractivity contribution in [2.24, 2.45) is 0 Å². The first-order valence-electron chi connectivity index (χ1n) is 7.09. The summed E-state index contributed by atoms with van der Waals surface area (Å²) in [4.78, 5) is 0. The summed E-state index contributed by atoms with van der Waals surface area (Å²) in [5.74, 6) is 1.03. The van der Waals surface area contributed by atoms with Gasteiger partial charge in [-0.05, 0) is 37.0 Å². The summed E-state index contributed by atoms with van der Waals surface area (Å²) in [5.41, 5.74) is 2.40. The third-order valence-electron chi connectivity index (χ3n) is 3.79. The molecule has 0 amide bonds. The Morgan fingerprint density at radius 2 is 2.21 bits per heavy atom. The first-order chi connectivity index (χ1) is 9.33. The third-order valence-corrected chi connectivity index (χ3v) is 4.01. The minimum Gasteiger partial charge on any atom is -0.493 e. The zero-order valence-corrected chi connectivity index (χ0v) is 11.8. The van der Waals surface area contributed by atoms with Gasteiger partial charge in [0.1, 0.15) is 5.75 Å². The fraction of sp³-hybridized carbons (Fsp3) is 0.600. The second-order valence-electron chi connectivity index (χ2n) is 5.27. The molecule has 1 saturated heterocycles. The maximum atomic E-state index is 6.15. The minimum absolute atomic E-state index is 0.363. The molecule has 4 heteroatoms. The molecular formula is C15H20ClNO2. The van der Waals surface area contributed by atoms with Gasteiger partial charge in [-0.3, -0.25) is 0 Å². The molecule has 19 heavy (non-hydrogen) atoms. The monoisotopic (exact) mass is 281 g/mol. The number of nitrogens with one attached hydrogen (secondary N) is 1. The van der Waals surface area contributed by atoms with Crippen molar-refractivity contribution < 1.29 is 9.47 Å². The summed E-state index contributed by atoms with van der Waals surface area (Å²) in [6.07, 6.45) is 4.97. The summed E-state index contributed by atoms with van der Waals surface area (Å²) in [6, 6.07) is 4.01. The van der Waals surface area contributed by atoms with Gasteiger partial charge in [-0.2, -0.15) is 0 Å². The van der Waals surface area contributed by atoms with E-state index in [4.69, 9.17) is 21.1 Å². The molecule has 0 saturated carbocycles. The van der Waals surface area contributed by atoms with Crippen LogP contribution in [0.25, 0.3) is 0 Å². The van der Waals surface area contributed by atoms with Crippen LogP contribution in [-0.4, -0.2) is 25.9 Å². The highest BCUT2D eigenvalue weighted by Crippen LogP contribution is 2.32. The van der Waals surface area contributed by atoms with Gasteiger partial charge in [0.2, 0.25) is 0 Å². The van der Waals surface area contributed by atoms with Gasteiger partial charge < -0.3 is 14.8 Å². The molecule has 2 aliphatic heterocycles. The van der Waals surface area contributed by atoms with Crippen LogP contribution in [0.1, 0.15) is 30.4 Å². The van der Waals surface area contributed by atoms with Gasteiger partial charge in [0, 0.05) is 36.7 Å². The van der Waals surface area contributed by atoms with E-state index in [9.17, 15) is 0 Å². The van der Waals surface area contributed by atoms with Crippen molar-refractivity contribution in [2.45, 2.75) is 38.3 Å². The van der Waals surface area contributed by atoms with E-state index >= 15 is 0 Å². The Morgan fingerprint density at radius 3 is 3.05 bits per heavy atom. The summed E-state index contributed by atoms with van der Waals surface area (Å²) in [6.45, 7) is 3.38. The van der Waals surface area contributed by atoms with Crippen molar-refractivity contribution in [2.75, 3.05) is 19.8 Å². The summed E-state index contributed by atoms with van der Waals surface area (Å²) in [7, 11) is 0. The molecule has 0 aliphatic carbocycles. The Morgan fingerprint density at radius 1 is 1.26 bits per heavy atom. The molecule has 104 valence electrons. The number of benzene rings is 1. The number of rotatable bonds is 4. The molecule has 0 aromatic heterocycles. The van der Waals surface area contributed by atoms with E-state index in [0.717, 1.165) is 55.5 Å². The van der Waals surface area contributed by atoms with Crippen LogP contribution in [-0.2, 0) is 17.7 Å². The number of ether oxygens (including phenoxy) is 2. The molecule has 1 aromatic rings. The van der Waals surface area contributed by atoms with Crippen LogP contribution in [0, 0.1) is 0 Å². The van der Waals surface area contributed by atoms with Crippen LogP contribution in [0.3, 0.4) is 0 Å². The Balaban J connectivity index is 1.57. The second-order valence-corrected chi connectivity index (χ2v) is 5.71. The SMILES string of the molecule is Clc1cc2c(c(CNCC3CCCCO3)c1)OCC2. The maximum Gasteiger partial charge on any atom is 0.127 e. The van der Waals surface area contributed by atoms with E-state index in [0.29, 0.717) is 6.10 Å². The van der Waals surface area contributed by atoms with Crippen molar-refractivity contribution in [3.8, 4) is 5.75 Å². The van der Waals surface area contributed by atoms with Crippen LogP contribution in [0.5, 0.6) is 5.75 Å². The van der Waals surface area contributed by atoms with Crippen molar-refractivity contribution >= 4 is 11.6 Å². The highest BCUT2D eigenvalue weighted by atomic mass is 35.5. The normalized spacial score (nSPS) is 22.1. The lowest BCUT2D eigenvalue weighted by Gasteiger charge is -2.23. The van der Waals surface area contributed by atoms with E-state index in [1.807, 2.05) is 12.1 Å². The first-order valence-corrected chi connectivity index (χ1v) is 7.47. The number of halogens is 1. The molecule has 1 atom stereocenters. The Kier molecular flexibility index (Phi) is 4.26. The predicted octanol–water partition coefficient (Wildman–Crippen LogP) is 2.93. The van der Waals surface area contributed by atoms with Gasteiger partial charge >= 0.3 is 0 Å². The Bertz CT molecular complexity index is 444. The summed E-state index contributed by atoms with van der Waals surface area (Å²) >= 11 is 6.15. The van der Waals surface area contributed by atoms with E-state index in [-0.39, 0.29) is 0 Å². The molecule has 2 heterocycles. The highest BCUT2D eigenvalue weighted by Gasteiger charge is 2.18. The second kappa shape index (κ2) is 6.12. The predicted molar refractivity (Wildman–Crippen MR) is 75.9 cm³/mol. The van der Waals surface area contributed by atoms with Gasteiger partial charge in [0.05, 0.1) is 12.7 Å². The third kappa shape index (κ3) is 3.22.